The number of halogens is 3. The van der Waals surface area contributed by atoms with Crippen LogP contribution < -0.4 is 14.9 Å². The van der Waals surface area contributed by atoms with Gasteiger partial charge in [-0.1, -0.05) is 0 Å². The van der Waals surface area contributed by atoms with Crippen LogP contribution in [0.2, 0.25) is 0 Å². The summed E-state index contributed by atoms with van der Waals surface area (Å²) in [5, 5.41) is 15.7. The zero-order valence-corrected chi connectivity index (χ0v) is 19.6. The standard InChI is InChI=1S/C26H17F3N2O6/c1-11-21(33)20-23(19-16(32)8-9-35-22(11)19)36-17-10-15-18(24(34)25(17,20)3)12(2)30-31(15)13-4-6-14(7-5-13)37-26(27,28)29/h4-10,33H,1-3H3/t25-/m0/s1. The molecule has 6 rings (SSSR count). The monoisotopic (exact) mass is 510 g/mol. The van der Waals surface area contributed by atoms with E-state index in [1.54, 1.807) is 26.8 Å². The molecule has 0 amide bonds. The number of allylic oxidation sites excluding steroid dienone is 1. The number of aryl methyl sites for hydroxylation is 2. The summed E-state index contributed by atoms with van der Waals surface area (Å²) in [6.45, 7) is 4.82. The van der Waals surface area contributed by atoms with Crippen LogP contribution in [0.5, 0.6) is 17.2 Å². The highest BCUT2D eigenvalue weighted by Gasteiger charge is 2.55. The van der Waals surface area contributed by atoms with Crippen molar-refractivity contribution in [3.05, 3.63) is 80.7 Å². The van der Waals surface area contributed by atoms with Crippen LogP contribution >= 0.6 is 0 Å². The van der Waals surface area contributed by atoms with Gasteiger partial charge in [-0.15, -0.1) is 13.2 Å². The van der Waals surface area contributed by atoms with Gasteiger partial charge >= 0.3 is 6.36 Å². The maximum Gasteiger partial charge on any atom is 0.573 e. The summed E-state index contributed by atoms with van der Waals surface area (Å²) in [7, 11) is 0. The van der Waals surface area contributed by atoms with Crippen LogP contribution in [0.4, 0.5) is 13.2 Å². The van der Waals surface area contributed by atoms with Crippen molar-refractivity contribution in [2.24, 2.45) is 0 Å². The third-order valence-corrected chi connectivity index (χ3v) is 6.83. The van der Waals surface area contributed by atoms with Crippen LogP contribution in [0, 0.1) is 13.8 Å². The number of carbonyl (C=O) groups is 1. The first-order valence-corrected chi connectivity index (χ1v) is 11.1. The molecule has 37 heavy (non-hydrogen) atoms. The fraction of sp³-hybridized carbons (Fsp3) is 0.192. The highest BCUT2D eigenvalue weighted by atomic mass is 19.4. The molecular formula is C26H17F3N2O6. The first-order chi connectivity index (χ1) is 17.4. The molecule has 2 aromatic carbocycles. The summed E-state index contributed by atoms with van der Waals surface area (Å²) in [5.74, 6) is -0.810. The number of carbonyl (C=O) groups excluding carboxylic acids is 1. The van der Waals surface area contributed by atoms with Crippen LogP contribution in [0.1, 0.15) is 39.8 Å². The quantitative estimate of drug-likeness (QED) is 0.401. The summed E-state index contributed by atoms with van der Waals surface area (Å²) < 4.78 is 54.5. The number of ketones is 1. The van der Waals surface area contributed by atoms with Crippen molar-refractivity contribution >= 4 is 22.8 Å². The molecule has 1 atom stereocenters. The van der Waals surface area contributed by atoms with Gasteiger partial charge in [0.1, 0.15) is 39.4 Å². The number of ether oxygens (including phenoxy) is 2. The molecule has 1 aliphatic carbocycles. The average Bonchev–Trinajstić information content (AvgIpc) is 3.32. The number of rotatable bonds is 2. The van der Waals surface area contributed by atoms with Crippen molar-refractivity contribution < 1.29 is 37.0 Å². The largest absolute Gasteiger partial charge is 0.573 e. The summed E-state index contributed by atoms with van der Waals surface area (Å²) in [6.07, 6.45) is -2.02. The van der Waals surface area contributed by atoms with Crippen molar-refractivity contribution in [3.63, 3.8) is 0 Å². The molecule has 8 nitrogen and oxygen atoms in total. The number of nitrogens with zero attached hydrogens (tertiary/aromatic N) is 2. The zero-order valence-electron chi connectivity index (χ0n) is 19.6. The number of Topliss-reactive ketones (excluding diaryl/α,β-unsaturated/α-hetero) is 1. The van der Waals surface area contributed by atoms with Crippen LogP contribution in [-0.2, 0) is 5.41 Å². The topological polar surface area (TPSA) is 104 Å². The van der Waals surface area contributed by atoms with Crippen LogP contribution in [0.15, 0.2) is 51.6 Å². The molecule has 0 unspecified atom stereocenters. The summed E-state index contributed by atoms with van der Waals surface area (Å²) in [6, 6.07) is 6.27. The maximum atomic E-state index is 14.0. The van der Waals surface area contributed by atoms with E-state index in [0.29, 0.717) is 22.6 Å². The molecule has 0 fully saturated rings. The highest BCUT2D eigenvalue weighted by molar-refractivity contribution is 6.14. The SMILES string of the molecule is Cc1nn(-c2ccc(OC(F)(F)F)cc2)c2c1C(=O)[C@@]1(C)C(=C2)Oc2c1c(O)c(C)c1occc(=O)c21. The Kier molecular flexibility index (Phi) is 4.48. The Morgan fingerprint density at radius 2 is 1.81 bits per heavy atom. The van der Waals surface area contributed by atoms with E-state index < -0.39 is 28.7 Å². The highest BCUT2D eigenvalue weighted by Crippen LogP contribution is 2.57. The van der Waals surface area contributed by atoms with Gasteiger partial charge in [-0.2, -0.15) is 5.10 Å². The van der Waals surface area contributed by atoms with Crippen molar-refractivity contribution in [2.75, 3.05) is 0 Å². The Bertz CT molecular complexity index is 1750. The number of aromatic hydroxyl groups is 1. The Balaban J connectivity index is 1.54. The number of benzene rings is 2. The molecule has 1 aliphatic heterocycles. The van der Waals surface area contributed by atoms with Gasteiger partial charge in [-0.05, 0) is 45.0 Å². The van der Waals surface area contributed by atoms with Crippen LogP contribution in [0.25, 0.3) is 22.7 Å². The zero-order chi connectivity index (χ0) is 26.4. The Labute approximate surface area is 206 Å². The van der Waals surface area contributed by atoms with E-state index in [2.05, 4.69) is 9.84 Å². The molecule has 0 spiro atoms. The molecule has 2 aliphatic rings. The first-order valence-electron chi connectivity index (χ1n) is 11.1. The van der Waals surface area contributed by atoms with E-state index in [1.807, 2.05) is 0 Å². The molecule has 4 aromatic rings. The van der Waals surface area contributed by atoms with Gasteiger partial charge in [-0.25, -0.2) is 4.68 Å². The van der Waals surface area contributed by atoms with Gasteiger partial charge in [-0.3, -0.25) is 9.59 Å². The molecule has 0 radical (unpaired) electrons. The second kappa shape index (κ2) is 7.25. The van der Waals surface area contributed by atoms with Crippen molar-refractivity contribution in [3.8, 4) is 22.9 Å². The molecule has 0 saturated carbocycles. The van der Waals surface area contributed by atoms with Gasteiger partial charge in [0, 0.05) is 17.7 Å². The van der Waals surface area contributed by atoms with Crippen molar-refractivity contribution in [1.29, 1.82) is 0 Å². The minimum absolute atomic E-state index is 0.0468. The number of phenols is 1. The predicted molar refractivity (Wildman–Crippen MR) is 124 cm³/mol. The number of aromatic nitrogens is 2. The summed E-state index contributed by atoms with van der Waals surface area (Å²) in [5.41, 5.74) is 0.136. The third kappa shape index (κ3) is 3.06. The van der Waals surface area contributed by atoms with Crippen molar-refractivity contribution in [2.45, 2.75) is 32.5 Å². The lowest BCUT2D eigenvalue weighted by Crippen LogP contribution is -2.36. The second-order valence-corrected chi connectivity index (χ2v) is 9.03. The van der Waals surface area contributed by atoms with E-state index in [-0.39, 0.29) is 39.4 Å². The van der Waals surface area contributed by atoms with E-state index in [0.717, 1.165) is 12.1 Å². The Morgan fingerprint density at radius 1 is 1.11 bits per heavy atom. The van der Waals surface area contributed by atoms with Gasteiger partial charge in [0.15, 0.2) is 11.2 Å². The lowest BCUT2D eigenvalue weighted by atomic mass is 9.71. The number of alkyl halides is 3. The molecule has 0 bridgehead atoms. The molecule has 188 valence electrons. The number of hydrogen-bond acceptors (Lipinski definition) is 7. The molecular weight excluding hydrogens is 493 g/mol. The normalized spacial score (nSPS) is 18.2. The fourth-order valence-corrected chi connectivity index (χ4v) is 5.06. The van der Waals surface area contributed by atoms with Crippen molar-refractivity contribution in [1.82, 2.24) is 9.78 Å². The fourth-order valence-electron chi connectivity index (χ4n) is 5.06. The number of phenolic OH excluding ortho intramolecular Hbond substituents is 1. The number of fused-ring (bicyclic) bond motifs is 6. The van der Waals surface area contributed by atoms with Gasteiger partial charge in [0.25, 0.3) is 0 Å². The van der Waals surface area contributed by atoms with E-state index >= 15 is 0 Å². The van der Waals surface area contributed by atoms with Gasteiger partial charge in [0.05, 0.1) is 34.5 Å². The lowest BCUT2D eigenvalue weighted by molar-refractivity contribution is -0.274. The minimum Gasteiger partial charge on any atom is -0.507 e. The van der Waals surface area contributed by atoms with E-state index in [1.165, 1.54) is 29.1 Å². The molecule has 3 heterocycles. The molecule has 2 aromatic heterocycles. The minimum atomic E-state index is -4.83. The molecule has 1 N–H and O–H groups in total. The van der Waals surface area contributed by atoms with Crippen LogP contribution in [-0.4, -0.2) is 27.0 Å². The van der Waals surface area contributed by atoms with E-state index in [4.69, 9.17) is 9.15 Å². The maximum absolute atomic E-state index is 14.0. The number of hydrogen-bond donors (Lipinski definition) is 1. The molecule has 0 saturated heterocycles. The van der Waals surface area contributed by atoms with Gasteiger partial charge < -0.3 is 19.0 Å². The Morgan fingerprint density at radius 3 is 2.49 bits per heavy atom. The average molecular weight is 510 g/mol. The smallest absolute Gasteiger partial charge is 0.507 e. The first kappa shape index (κ1) is 22.9. The summed E-state index contributed by atoms with van der Waals surface area (Å²) in [4.78, 5) is 26.8. The predicted octanol–water partition coefficient (Wildman–Crippen LogP) is 5.09. The van der Waals surface area contributed by atoms with Gasteiger partial charge in [0.2, 0.25) is 0 Å². The lowest BCUT2D eigenvalue weighted by Gasteiger charge is -2.27. The molecule has 11 heteroatoms. The van der Waals surface area contributed by atoms with E-state index in [9.17, 15) is 27.9 Å². The summed E-state index contributed by atoms with van der Waals surface area (Å²) >= 11 is 0. The van der Waals surface area contributed by atoms with Crippen LogP contribution in [0.3, 0.4) is 0 Å². The Hall–Kier alpha value is -4.54. The second-order valence-electron chi connectivity index (χ2n) is 9.03. The third-order valence-electron chi connectivity index (χ3n) is 6.83.